The molecule has 0 saturated carbocycles. The highest BCUT2D eigenvalue weighted by Crippen LogP contribution is 2.23. The average Bonchev–Trinajstić information content (AvgIpc) is 2.38. The highest BCUT2D eigenvalue weighted by molar-refractivity contribution is 5.24. The van der Waals surface area contributed by atoms with Crippen LogP contribution in [0, 0.1) is 0 Å². The Labute approximate surface area is 111 Å². The van der Waals surface area contributed by atoms with Crippen LogP contribution in [0.2, 0.25) is 0 Å². The predicted octanol–water partition coefficient (Wildman–Crippen LogP) is 3.06. The van der Waals surface area contributed by atoms with E-state index in [0.29, 0.717) is 6.54 Å². The molecule has 1 rings (SSSR count). The summed E-state index contributed by atoms with van der Waals surface area (Å²) in [7, 11) is 0. The lowest BCUT2D eigenvalue weighted by Crippen LogP contribution is -2.28. The fourth-order valence-electron chi connectivity index (χ4n) is 2.43. The molecule has 3 N–H and O–H groups in total. The number of hydrogen-bond acceptors (Lipinski definition) is 2. The smallest absolute Gasteiger partial charge is 0.0648 e. The van der Waals surface area contributed by atoms with Crippen LogP contribution in [0.25, 0.3) is 0 Å². The first-order valence-corrected chi connectivity index (χ1v) is 7.14. The van der Waals surface area contributed by atoms with Gasteiger partial charge in [0.2, 0.25) is 0 Å². The molecule has 0 aliphatic carbocycles. The van der Waals surface area contributed by atoms with E-state index in [0.717, 1.165) is 38.5 Å². The fourth-order valence-corrected chi connectivity index (χ4v) is 2.43. The summed E-state index contributed by atoms with van der Waals surface area (Å²) in [5.74, 6) is 0. The minimum atomic E-state index is -0.487. The zero-order chi connectivity index (χ0) is 13.4. The number of benzene rings is 1. The number of hydrogen-bond donors (Lipinski definition) is 2. The molecule has 0 radical (unpaired) electrons. The first-order valence-electron chi connectivity index (χ1n) is 7.14. The third-order valence-corrected chi connectivity index (χ3v) is 3.68. The zero-order valence-electron chi connectivity index (χ0n) is 11.8. The Bertz CT molecular complexity index is 351. The van der Waals surface area contributed by atoms with Crippen molar-refractivity contribution in [3.05, 3.63) is 35.4 Å². The molecular weight excluding hydrogens is 222 g/mol. The van der Waals surface area contributed by atoms with Gasteiger partial charge in [0.25, 0.3) is 0 Å². The highest BCUT2D eigenvalue weighted by Gasteiger charge is 2.22. The van der Waals surface area contributed by atoms with Crippen molar-refractivity contribution >= 4 is 0 Å². The van der Waals surface area contributed by atoms with Crippen LogP contribution in [0.1, 0.15) is 50.7 Å². The van der Waals surface area contributed by atoms with Crippen LogP contribution in [0.5, 0.6) is 0 Å². The summed E-state index contributed by atoms with van der Waals surface area (Å²) in [5, 5.41) is 10.4. The molecule has 1 aromatic rings. The van der Waals surface area contributed by atoms with Gasteiger partial charge in [-0.1, -0.05) is 44.5 Å². The third kappa shape index (κ3) is 4.79. The van der Waals surface area contributed by atoms with E-state index in [4.69, 9.17) is 5.73 Å². The molecule has 0 aliphatic rings. The molecule has 0 saturated heterocycles. The molecular formula is C16H27NO. The second kappa shape index (κ2) is 7.55. The van der Waals surface area contributed by atoms with Crippen molar-refractivity contribution in [2.45, 2.75) is 58.0 Å². The third-order valence-electron chi connectivity index (χ3n) is 3.68. The van der Waals surface area contributed by atoms with E-state index >= 15 is 0 Å². The van der Waals surface area contributed by atoms with E-state index in [2.05, 4.69) is 38.1 Å². The zero-order valence-corrected chi connectivity index (χ0v) is 11.8. The molecule has 1 aromatic carbocycles. The van der Waals surface area contributed by atoms with E-state index in [1.165, 1.54) is 11.1 Å². The van der Waals surface area contributed by atoms with Crippen molar-refractivity contribution < 1.29 is 5.11 Å². The fraction of sp³-hybridized carbons (Fsp3) is 0.625. The van der Waals surface area contributed by atoms with Gasteiger partial charge in [-0.3, -0.25) is 0 Å². The van der Waals surface area contributed by atoms with Crippen LogP contribution in [0.15, 0.2) is 24.3 Å². The summed E-state index contributed by atoms with van der Waals surface area (Å²) in [6, 6.07) is 8.57. The van der Waals surface area contributed by atoms with Crippen molar-refractivity contribution in [2.75, 3.05) is 6.54 Å². The van der Waals surface area contributed by atoms with Crippen molar-refractivity contribution in [3.63, 3.8) is 0 Å². The minimum absolute atomic E-state index is 0.487. The number of aryl methyl sites for hydroxylation is 1. The van der Waals surface area contributed by atoms with E-state index < -0.39 is 5.60 Å². The summed E-state index contributed by atoms with van der Waals surface area (Å²) in [5.41, 5.74) is 7.69. The Kier molecular flexibility index (Phi) is 6.37. The normalized spacial score (nSPS) is 14.4. The van der Waals surface area contributed by atoms with E-state index in [1.54, 1.807) is 0 Å². The number of rotatable bonds is 8. The Hall–Kier alpha value is -0.860. The Morgan fingerprint density at radius 1 is 1.11 bits per heavy atom. The van der Waals surface area contributed by atoms with Crippen LogP contribution in [-0.2, 0) is 12.8 Å². The molecule has 0 bridgehead atoms. The van der Waals surface area contributed by atoms with E-state index in [1.807, 2.05) is 0 Å². The van der Waals surface area contributed by atoms with Crippen LogP contribution in [-0.4, -0.2) is 17.3 Å². The second-order valence-corrected chi connectivity index (χ2v) is 5.19. The summed E-state index contributed by atoms with van der Waals surface area (Å²) < 4.78 is 0. The topological polar surface area (TPSA) is 46.2 Å². The Balaban J connectivity index is 2.59. The lowest BCUT2D eigenvalue weighted by atomic mass is 9.88. The van der Waals surface area contributed by atoms with Crippen molar-refractivity contribution in [1.29, 1.82) is 0 Å². The van der Waals surface area contributed by atoms with Crippen LogP contribution >= 0.6 is 0 Å². The van der Waals surface area contributed by atoms with Gasteiger partial charge in [0.1, 0.15) is 0 Å². The maximum Gasteiger partial charge on any atom is 0.0648 e. The maximum absolute atomic E-state index is 10.4. The molecule has 0 spiro atoms. The van der Waals surface area contributed by atoms with Gasteiger partial charge in [0, 0.05) is 0 Å². The van der Waals surface area contributed by atoms with Gasteiger partial charge < -0.3 is 10.8 Å². The van der Waals surface area contributed by atoms with Crippen LogP contribution in [0.3, 0.4) is 0 Å². The lowest BCUT2D eigenvalue weighted by molar-refractivity contribution is 0.0185. The Morgan fingerprint density at radius 2 is 1.78 bits per heavy atom. The predicted molar refractivity (Wildman–Crippen MR) is 77.7 cm³/mol. The summed E-state index contributed by atoms with van der Waals surface area (Å²) in [4.78, 5) is 0. The highest BCUT2D eigenvalue weighted by atomic mass is 16.3. The molecule has 0 heterocycles. The van der Waals surface area contributed by atoms with Gasteiger partial charge in [-0.15, -0.1) is 0 Å². The first-order chi connectivity index (χ1) is 8.63. The molecule has 0 fully saturated rings. The van der Waals surface area contributed by atoms with Crippen molar-refractivity contribution in [2.24, 2.45) is 5.73 Å². The largest absolute Gasteiger partial charge is 0.390 e. The second-order valence-electron chi connectivity index (χ2n) is 5.19. The standard InChI is InChI=1S/C16H27NO/c1-3-10-16(18,4-2)11-8-14-6-5-7-15(13-14)9-12-17/h5-7,13,18H,3-4,8-12,17H2,1-2H3. The number of aliphatic hydroxyl groups is 1. The minimum Gasteiger partial charge on any atom is -0.390 e. The number of nitrogens with two attached hydrogens (primary N) is 1. The van der Waals surface area contributed by atoms with Gasteiger partial charge in [0.05, 0.1) is 5.60 Å². The molecule has 2 nitrogen and oxygen atoms in total. The molecule has 0 amide bonds. The van der Waals surface area contributed by atoms with Gasteiger partial charge >= 0.3 is 0 Å². The van der Waals surface area contributed by atoms with Gasteiger partial charge in [-0.25, -0.2) is 0 Å². The van der Waals surface area contributed by atoms with Gasteiger partial charge in [-0.05, 0) is 49.8 Å². The Morgan fingerprint density at radius 3 is 2.33 bits per heavy atom. The molecule has 1 atom stereocenters. The molecule has 2 heteroatoms. The van der Waals surface area contributed by atoms with Crippen molar-refractivity contribution in [1.82, 2.24) is 0 Å². The summed E-state index contributed by atoms with van der Waals surface area (Å²) in [6.45, 7) is 4.89. The SMILES string of the molecule is CCCC(O)(CC)CCc1cccc(CCN)c1. The molecule has 102 valence electrons. The summed E-state index contributed by atoms with van der Waals surface area (Å²) >= 11 is 0. The maximum atomic E-state index is 10.4. The molecule has 1 unspecified atom stereocenters. The van der Waals surface area contributed by atoms with Gasteiger partial charge in [-0.2, -0.15) is 0 Å². The molecule has 0 aromatic heterocycles. The van der Waals surface area contributed by atoms with Crippen molar-refractivity contribution in [3.8, 4) is 0 Å². The molecule has 0 aliphatic heterocycles. The van der Waals surface area contributed by atoms with Crippen LogP contribution in [0.4, 0.5) is 0 Å². The first kappa shape index (κ1) is 15.2. The molecule has 18 heavy (non-hydrogen) atoms. The monoisotopic (exact) mass is 249 g/mol. The average molecular weight is 249 g/mol. The van der Waals surface area contributed by atoms with E-state index in [-0.39, 0.29) is 0 Å². The summed E-state index contributed by atoms with van der Waals surface area (Å²) in [6.07, 6.45) is 5.50. The quantitative estimate of drug-likeness (QED) is 0.744. The lowest BCUT2D eigenvalue weighted by Gasteiger charge is -2.26. The van der Waals surface area contributed by atoms with Gasteiger partial charge in [0.15, 0.2) is 0 Å². The van der Waals surface area contributed by atoms with Crippen LogP contribution < -0.4 is 5.73 Å². The van der Waals surface area contributed by atoms with E-state index in [9.17, 15) is 5.11 Å².